The summed E-state index contributed by atoms with van der Waals surface area (Å²) in [6.45, 7) is 2.12. The summed E-state index contributed by atoms with van der Waals surface area (Å²) in [6.07, 6.45) is 2.58. The number of carbonyl (C=O) groups is 1. The molecule has 0 fully saturated rings. The lowest BCUT2D eigenvalue weighted by Gasteiger charge is -2.43. The smallest absolute Gasteiger partial charge is 0.311 e. The molecule has 1 atom stereocenters. The van der Waals surface area contributed by atoms with Crippen LogP contribution < -0.4 is 15.9 Å². The minimum absolute atomic E-state index is 0. The summed E-state index contributed by atoms with van der Waals surface area (Å²) >= 11 is 0. The highest BCUT2D eigenvalue weighted by atomic mass is 79.9. The first-order valence-corrected chi connectivity index (χ1v) is 11.4. The van der Waals surface area contributed by atoms with Crippen LogP contribution in [0.25, 0.3) is 0 Å². The van der Waals surface area contributed by atoms with E-state index in [2.05, 4.69) is 43.3 Å². The Bertz CT molecular complexity index is 757. The molecule has 147 valence electrons. The molecule has 1 unspecified atom stereocenters. The number of carboxylic acid groups (broad SMARTS) is 1. The molecule has 0 aromatic heterocycles. The topological polar surface area (TPSA) is 37.3 Å². The number of hydrogen-bond donors (Lipinski definition) is 1. The second-order valence-electron chi connectivity index (χ2n) is 6.73. The first kappa shape index (κ1) is 22.3. The van der Waals surface area contributed by atoms with E-state index < -0.39 is 18.9 Å². The second kappa shape index (κ2) is 10.5. The molecule has 0 bridgehead atoms. The zero-order valence-electron chi connectivity index (χ0n) is 16.1. The van der Waals surface area contributed by atoms with E-state index in [4.69, 9.17) is 0 Å². The zero-order chi connectivity index (χ0) is 19.1. The Morgan fingerprint density at radius 3 is 1.43 bits per heavy atom. The summed E-state index contributed by atoms with van der Waals surface area (Å²) in [7, 11) is -2.35. The van der Waals surface area contributed by atoms with Crippen LogP contribution in [0.3, 0.4) is 0 Å². The molecule has 1 N–H and O–H groups in total. The summed E-state index contributed by atoms with van der Waals surface area (Å²) < 4.78 is 0. The first-order valence-electron chi connectivity index (χ1n) is 9.49. The summed E-state index contributed by atoms with van der Waals surface area (Å²) in [5, 5.41) is 13.7. The highest BCUT2D eigenvalue weighted by molar-refractivity contribution is 8.93. The largest absolute Gasteiger partial charge is 0.481 e. The van der Waals surface area contributed by atoms with Crippen molar-refractivity contribution in [3.8, 4) is 0 Å². The Morgan fingerprint density at radius 1 is 0.786 bits per heavy atom. The van der Waals surface area contributed by atoms with E-state index in [1.165, 1.54) is 0 Å². The van der Waals surface area contributed by atoms with Crippen molar-refractivity contribution >= 4 is 46.1 Å². The van der Waals surface area contributed by atoms with Crippen molar-refractivity contribution in [1.29, 1.82) is 0 Å². The van der Waals surface area contributed by atoms with Crippen molar-refractivity contribution < 1.29 is 9.90 Å². The molecule has 28 heavy (non-hydrogen) atoms. The lowest BCUT2D eigenvalue weighted by molar-refractivity contribution is -0.136. The summed E-state index contributed by atoms with van der Waals surface area (Å²) in [4.78, 5) is 12.6. The molecule has 0 aliphatic rings. The van der Waals surface area contributed by atoms with Gasteiger partial charge < -0.3 is 5.11 Å². The standard InChI is InChI=1S/C24H26O2P.BrH/c1-2-3-19-23(24(25)26)27(20-13-7-4-8-14-20,21-15-9-5-10-16-21)22-17-11-6-12-18-22;/h4-18,23H,2-3,19H2,1H3,(H,25,26);1H. The number of aliphatic carboxylic acids is 1. The molecule has 1 radical (unpaired) electrons. The lowest BCUT2D eigenvalue weighted by atomic mass is 10.2. The third-order valence-corrected chi connectivity index (χ3v) is 9.83. The normalized spacial score (nSPS) is 12.0. The molecule has 4 heteroatoms. The average molecular weight is 458 g/mol. The third kappa shape index (κ3) is 4.37. The fraction of sp³-hybridized carbons (Fsp3) is 0.208. The van der Waals surface area contributed by atoms with Crippen LogP contribution in [0.5, 0.6) is 0 Å². The Morgan fingerprint density at radius 2 is 1.14 bits per heavy atom. The van der Waals surface area contributed by atoms with E-state index >= 15 is 0 Å². The predicted molar refractivity (Wildman–Crippen MR) is 126 cm³/mol. The molecule has 0 heterocycles. The molecule has 2 nitrogen and oxygen atoms in total. The SMILES string of the molecule is Br.CCCCC(C(=O)O)[P](c1ccccc1)(c1ccccc1)c1ccccc1. The highest BCUT2D eigenvalue weighted by Crippen LogP contribution is 2.61. The summed E-state index contributed by atoms with van der Waals surface area (Å²) in [5.74, 6) is -0.701. The van der Waals surface area contributed by atoms with Gasteiger partial charge in [-0.1, -0.05) is 111 Å². The van der Waals surface area contributed by atoms with Gasteiger partial charge in [-0.2, -0.15) is 0 Å². The Labute approximate surface area is 178 Å². The molecule has 0 saturated heterocycles. The van der Waals surface area contributed by atoms with Gasteiger partial charge in [0.25, 0.3) is 0 Å². The van der Waals surface area contributed by atoms with Gasteiger partial charge in [0.15, 0.2) is 0 Å². The molecule has 3 aromatic rings. The fourth-order valence-electron chi connectivity index (χ4n) is 3.86. The number of halogens is 1. The van der Waals surface area contributed by atoms with Crippen LogP contribution in [0.4, 0.5) is 0 Å². The first-order chi connectivity index (χ1) is 13.2. The van der Waals surface area contributed by atoms with Crippen LogP contribution in [0, 0.1) is 0 Å². The highest BCUT2D eigenvalue weighted by Gasteiger charge is 2.44. The van der Waals surface area contributed by atoms with Gasteiger partial charge in [-0.3, -0.25) is 4.79 Å². The van der Waals surface area contributed by atoms with E-state index in [1.54, 1.807) is 0 Å². The van der Waals surface area contributed by atoms with E-state index in [0.29, 0.717) is 6.42 Å². The van der Waals surface area contributed by atoms with Crippen molar-refractivity contribution in [2.45, 2.75) is 31.8 Å². The summed E-state index contributed by atoms with van der Waals surface area (Å²) in [5.41, 5.74) is -0.440. The maximum Gasteiger partial charge on any atom is 0.311 e. The van der Waals surface area contributed by atoms with Crippen LogP contribution >= 0.6 is 24.2 Å². The molecular weight excluding hydrogens is 431 g/mol. The van der Waals surface area contributed by atoms with Crippen molar-refractivity contribution in [3.05, 3.63) is 91.0 Å². The van der Waals surface area contributed by atoms with Gasteiger partial charge >= 0.3 is 5.97 Å². The Kier molecular flexibility index (Phi) is 8.41. The van der Waals surface area contributed by atoms with E-state index in [0.717, 1.165) is 28.8 Å². The third-order valence-electron chi connectivity index (χ3n) is 5.07. The zero-order valence-corrected chi connectivity index (χ0v) is 18.7. The lowest BCUT2D eigenvalue weighted by Crippen LogP contribution is -2.42. The van der Waals surface area contributed by atoms with Gasteiger partial charge in [-0.05, 0) is 29.6 Å². The predicted octanol–water partition coefficient (Wildman–Crippen LogP) is 5.20. The van der Waals surface area contributed by atoms with Crippen LogP contribution in [-0.2, 0) is 4.79 Å². The van der Waals surface area contributed by atoms with Gasteiger partial charge in [0.1, 0.15) is 0 Å². The number of rotatable bonds is 8. The fourth-order valence-corrected chi connectivity index (χ4v) is 8.66. The molecule has 0 amide bonds. The number of hydrogen-bond acceptors (Lipinski definition) is 1. The molecule has 3 aromatic carbocycles. The quantitative estimate of drug-likeness (QED) is 0.471. The van der Waals surface area contributed by atoms with Crippen LogP contribution in [0.1, 0.15) is 26.2 Å². The molecular formula is C24H27BrO2P. The van der Waals surface area contributed by atoms with E-state index in [-0.39, 0.29) is 17.0 Å². The summed E-state index contributed by atoms with van der Waals surface area (Å²) in [6, 6.07) is 30.8. The van der Waals surface area contributed by atoms with Crippen LogP contribution in [0.2, 0.25) is 0 Å². The molecule has 0 spiro atoms. The van der Waals surface area contributed by atoms with Crippen LogP contribution in [0.15, 0.2) is 91.0 Å². The number of carboxylic acids is 1. The Balaban J connectivity index is 0.00000280. The molecule has 0 aliphatic heterocycles. The van der Waals surface area contributed by atoms with Crippen molar-refractivity contribution in [3.63, 3.8) is 0 Å². The number of unbranched alkanes of at least 4 members (excludes halogenated alkanes) is 1. The van der Waals surface area contributed by atoms with Crippen molar-refractivity contribution in [2.75, 3.05) is 0 Å². The average Bonchev–Trinajstić information content (AvgIpc) is 2.73. The van der Waals surface area contributed by atoms with Crippen LogP contribution in [-0.4, -0.2) is 16.7 Å². The van der Waals surface area contributed by atoms with Crippen molar-refractivity contribution in [1.82, 2.24) is 0 Å². The Hall–Kier alpha value is -1.96. The number of benzene rings is 3. The molecule has 0 saturated carbocycles. The van der Waals surface area contributed by atoms with Crippen molar-refractivity contribution in [2.24, 2.45) is 0 Å². The van der Waals surface area contributed by atoms with Gasteiger partial charge in [-0.25, -0.2) is 0 Å². The van der Waals surface area contributed by atoms with Gasteiger partial charge in [0.2, 0.25) is 0 Å². The minimum atomic E-state index is -2.35. The van der Waals surface area contributed by atoms with E-state index in [9.17, 15) is 9.90 Å². The maximum atomic E-state index is 12.6. The monoisotopic (exact) mass is 457 g/mol. The maximum absolute atomic E-state index is 12.6. The minimum Gasteiger partial charge on any atom is -0.481 e. The van der Waals surface area contributed by atoms with E-state index in [1.807, 2.05) is 54.6 Å². The molecule has 3 rings (SSSR count). The van der Waals surface area contributed by atoms with Gasteiger partial charge in [0.05, 0.1) is 5.66 Å². The second-order valence-corrected chi connectivity index (χ2v) is 10.3. The molecule has 0 aliphatic carbocycles. The van der Waals surface area contributed by atoms with Gasteiger partial charge in [-0.15, -0.1) is 17.0 Å². The van der Waals surface area contributed by atoms with Gasteiger partial charge in [0, 0.05) is 0 Å².